The van der Waals surface area contributed by atoms with Crippen LogP contribution in [0.25, 0.3) is 5.03 Å². The van der Waals surface area contributed by atoms with E-state index in [0.717, 1.165) is 21.9 Å². The van der Waals surface area contributed by atoms with Gasteiger partial charge in [-0.25, -0.2) is 0 Å². The molecule has 1 aliphatic heterocycles. The summed E-state index contributed by atoms with van der Waals surface area (Å²) >= 11 is 8.23. The van der Waals surface area contributed by atoms with Crippen LogP contribution >= 0.6 is 23.4 Å². The lowest BCUT2D eigenvalue weighted by Gasteiger charge is -2.18. The number of nitrogens with zero attached hydrogens (tertiary/aromatic N) is 1. The average Bonchev–Trinajstić information content (AvgIpc) is 2.27. The standard InChI is InChI=1S/C14H16ClNS/c1-14(2,3)16-8-10-9-17-12-7-5-4-6-11(12)13(10)15/h4-8H,9H2,1-3H3. The number of fused-ring (bicyclic) bond motifs is 1. The third kappa shape index (κ3) is 3.14. The van der Waals surface area contributed by atoms with E-state index in [2.05, 4.69) is 37.9 Å². The van der Waals surface area contributed by atoms with Crippen LogP contribution in [0.3, 0.4) is 0 Å². The summed E-state index contributed by atoms with van der Waals surface area (Å²) in [5.41, 5.74) is 2.19. The van der Waals surface area contributed by atoms with Crippen LogP contribution in [0, 0.1) is 0 Å². The lowest BCUT2D eigenvalue weighted by atomic mass is 10.1. The molecule has 1 nitrogen and oxygen atoms in total. The van der Waals surface area contributed by atoms with Crippen molar-refractivity contribution in [2.24, 2.45) is 4.99 Å². The van der Waals surface area contributed by atoms with E-state index in [4.69, 9.17) is 11.6 Å². The van der Waals surface area contributed by atoms with Gasteiger partial charge in [-0.1, -0.05) is 29.8 Å². The molecule has 0 amide bonds. The van der Waals surface area contributed by atoms with Crippen LogP contribution in [0.1, 0.15) is 26.3 Å². The molecule has 0 bridgehead atoms. The molecule has 0 unspecified atom stereocenters. The predicted octanol–water partition coefficient (Wildman–Crippen LogP) is 4.61. The van der Waals surface area contributed by atoms with Crippen molar-refractivity contribution in [3.8, 4) is 0 Å². The van der Waals surface area contributed by atoms with Gasteiger partial charge in [-0.05, 0) is 32.4 Å². The zero-order valence-corrected chi connectivity index (χ0v) is 11.9. The number of rotatable bonds is 1. The first kappa shape index (κ1) is 12.7. The predicted molar refractivity (Wildman–Crippen MR) is 78.2 cm³/mol. The normalized spacial score (nSPS) is 16.5. The summed E-state index contributed by atoms with van der Waals surface area (Å²) in [5.74, 6) is 0.898. The third-order valence-electron chi connectivity index (χ3n) is 2.40. The molecule has 0 spiro atoms. The van der Waals surface area contributed by atoms with Crippen molar-refractivity contribution in [3.63, 3.8) is 0 Å². The molecule has 0 saturated carbocycles. The maximum atomic E-state index is 6.42. The maximum absolute atomic E-state index is 6.42. The zero-order valence-electron chi connectivity index (χ0n) is 10.3. The fraction of sp³-hybridized carbons (Fsp3) is 0.357. The summed E-state index contributed by atoms with van der Waals surface area (Å²) in [6.07, 6.45) is 1.92. The van der Waals surface area contributed by atoms with Gasteiger partial charge in [0, 0.05) is 22.4 Å². The van der Waals surface area contributed by atoms with Gasteiger partial charge in [0.1, 0.15) is 0 Å². The summed E-state index contributed by atoms with van der Waals surface area (Å²) in [4.78, 5) is 5.78. The third-order valence-corrected chi connectivity index (χ3v) is 3.96. The Kier molecular flexibility index (Phi) is 3.64. The van der Waals surface area contributed by atoms with Crippen LogP contribution in [-0.2, 0) is 0 Å². The summed E-state index contributed by atoms with van der Waals surface area (Å²) in [7, 11) is 0. The average molecular weight is 266 g/mol. The number of benzene rings is 1. The van der Waals surface area contributed by atoms with Crippen molar-refractivity contribution in [1.29, 1.82) is 0 Å². The summed E-state index contributed by atoms with van der Waals surface area (Å²) < 4.78 is 0. The molecule has 1 heterocycles. The molecule has 90 valence electrons. The first-order chi connectivity index (χ1) is 7.97. The minimum absolute atomic E-state index is 0.0498. The van der Waals surface area contributed by atoms with Gasteiger partial charge in [0.25, 0.3) is 0 Å². The van der Waals surface area contributed by atoms with E-state index >= 15 is 0 Å². The summed E-state index contributed by atoms with van der Waals surface area (Å²) in [6, 6.07) is 8.24. The second-order valence-corrected chi connectivity index (χ2v) is 6.45. The molecule has 0 aromatic heterocycles. The quantitative estimate of drug-likeness (QED) is 0.676. The van der Waals surface area contributed by atoms with Crippen molar-refractivity contribution in [3.05, 3.63) is 35.4 Å². The Bertz CT molecular complexity index is 483. The van der Waals surface area contributed by atoms with E-state index in [9.17, 15) is 0 Å². The lowest BCUT2D eigenvalue weighted by molar-refractivity contribution is 0.586. The second-order valence-electron chi connectivity index (χ2n) is 5.05. The van der Waals surface area contributed by atoms with E-state index in [1.54, 1.807) is 0 Å². The minimum Gasteiger partial charge on any atom is -0.287 e. The van der Waals surface area contributed by atoms with Crippen LogP contribution in [0.2, 0.25) is 0 Å². The van der Waals surface area contributed by atoms with Gasteiger partial charge < -0.3 is 0 Å². The molecule has 1 aromatic rings. The highest BCUT2D eigenvalue weighted by atomic mass is 35.5. The highest BCUT2D eigenvalue weighted by molar-refractivity contribution is 7.99. The fourth-order valence-corrected chi connectivity index (χ4v) is 2.98. The van der Waals surface area contributed by atoms with Gasteiger partial charge in [-0.3, -0.25) is 4.99 Å². The maximum Gasteiger partial charge on any atom is 0.0545 e. The molecule has 1 aliphatic rings. The molecule has 2 rings (SSSR count). The van der Waals surface area contributed by atoms with Crippen LogP contribution in [-0.4, -0.2) is 17.5 Å². The fourth-order valence-electron chi connectivity index (χ4n) is 1.53. The Morgan fingerprint density at radius 2 is 2.00 bits per heavy atom. The second kappa shape index (κ2) is 4.87. The Labute approximate surface area is 112 Å². The zero-order chi connectivity index (χ0) is 12.5. The number of halogens is 1. The molecule has 1 aromatic carbocycles. The van der Waals surface area contributed by atoms with Gasteiger partial charge in [-0.2, -0.15) is 0 Å². The monoisotopic (exact) mass is 265 g/mol. The lowest BCUT2D eigenvalue weighted by Crippen LogP contribution is -2.11. The molecule has 3 heteroatoms. The van der Waals surface area contributed by atoms with Crippen LogP contribution in [0.15, 0.2) is 39.7 Å². The largest absolute Gasteiger partial charge is 0.287 e. The van der Waals surface area contributed by atoms with E-state index in [-0.39, 0.29) is 5.54 Å². The van der Waals surface area contributed by atoms with Crippen LogP contribution < -0.4 is 0 Å². The molecule has 0 radical (unpaired) electrons. The first-order valence-electron chi connectivity index (χ1n) is 5.63. The highest BCUT2D eigenvalue weighted by Crippen LogP contribution is 2.38. The smallest absolute Gasteiger partial charge is 0.0545 e. The Morgan fingerprint density at radius 3 is 2.71 bits per heavy atom. The molecule has 0 atom stereocenters. The van der Waals surface area contributed by atoms with Crippen molar-refractivity contribution in [2.45, 2.75) is 31.2 Å². The molecular formula is C14H16ClNS. The number of hydrogen-bond acceptors (Lipinski definition) is 2. The van der Waals surface area contributed by atoms with Gasteiger partial charge in [-0.15, -0.1) is 11.8 Å². The Hall–Kier alpha value is -0.730. The Balaban J connectivity index is 2.35. The molecule has 0 saturated heterocycles. The van der Waals surface area contributed by atoms with Gasteiger partial charge in [0.05, 0.1) is 10.6 Å². The topological polar surface area (TPSA) is 12.4 Å². The van der Waals surface area contributed by atoms with E-state index < -0.39 is 0 Å². The van der Waals surface area contributed by atoms with Crippen molar-refractivity contribution < 1.29 is 0 Å². The molecule has 0 aliphatic carbocycles. The van der Waals surface area contributed by atoms with Crippen molar-refractivity contribution in [1.82, 2.24) is 0 Å². The highest BCUT2D eigenvalue weighted by Gasteiger charge is 2.17. The van der Waals surface area contributed by atoms with Gasteiger partial charge in [0.15, 0.2) is 0 Å². The molecule has 0 N–H and O–H groups in total. The van der Waals surface area contributed by atoms with Crippen LogP contribution in [0.5, 0.6) is 0 Å². The minimum atomic E-state index is -0.0498. The van der Waals surface area contributed by atoms with Crippen LogP contribution in [0.4, 0.5) is 0 Å². The van der Waals surface area contributed by atoms with Gasteiger partial charge in [0.2, 0.25) is 0 Å². The van der Waals surface area contributed by atoms with Crippen molar-refractivity contribution in [2.75, 3.05) is 5.75 Å². The molecular weight excluding hydrogens is 250 g/mol. The molecule has 0 fully saturated rings. The summed E-state index contributed by atoms with van der Waals surface area (Å²) in [5, 5.41) is 0.840. The Morgan fingerprint density at radius 1 is 1.29 bits per heavy atom. The molecule has 17 heavy (non-hydrogen) atoms. The first-order valence-corrected chi connectivity index (χ1v) is 7.00. The van der Waals surface area contributed by atoms with Crippen molar-refractivity contribution >= 4 is 34.6 Å². The van der Waals surface area contributed by atoms with Gasteiger partial charge >= 0.3 is 0 Å². The SMILES string of the molecule is CC(C)(C)N=CC1=C(Cl)c2ccccc2SC1. The number of hydrogen-bond donors (Lipinski definition) is 0. The van der Waals surface area contributed by atoms with E-state index in [1.165, 1.54) is 4.90 Å². The van der Waals surface area contributed by atoms with E-state index in [1.807, 2.05) is 30.1 Å². The summed E-state index contributed by atoms with van der Waals surface area (Å²) in [6.45, 7) is 6.26. The van der Waals surface area contributed by atoms with E-state index in [0.29, 0.717) is 0 Å². The number of thioether (sulfide) groups is 1. The number of aliphatic imine (C=N–C) groups is 1.